The molecule has 0 saturated carbocycles. The van der Waals surface area contributed by atoms with Crippen LogP contribution in [0.4, 0.5) is 17.1 Å². The van der Waals surface area contributed by atoms with Gasteiger partial charge in [0.25, 0.3) is 0 Å². The number of benzene rings is 3. The number of aryl methyl sites for hydroxylation is 1. The van der Waals surface area contributed by atoms with Crippen molar-refractivity contribution in [3.05, 3.63) is 83.4 Å². The molecule has 2 N–H and O–H groups in total. The van der Waals surface area contributed by atoms with E-state index in [0.717, 1.165) is 40.2 Å². The van der Waals surface area contributed by atoms with E-state index in [1.165, 1.54) is 0 Å². The summed E-state index contributed by atoms with van der Waals surface area (Å²) in [6.45, 7) is 21.5. The van der Waals surface area contributed by atoms with Gasteiger partial charge in [0.05, 0.1) is 0 Å². The van der Waals surface area contributed by atoms with Crippen molar-refractivity contribution in [1.29, 1.82) is 0 Å². The summed E-state index contributed by atoms with van der Waals surface area (Å²) in [5.41, 5.74) is 5.57. The number of phenols is 1. The molecule has 3 aromatic carbocycles. The highest BCUT2D eigenvalue weighted by atomic mass is 16.3. The maximum atomic E-state index is 13.9. The maximum Gasteiger partial charge on any atom is 0.227 e. The Morgan fingerprint density at radius 1 is 0.800 bits per heavy atom. The van der Waals surface area contributed by atoms with Gasteiger partial charge >= 0.3 is 0 Å². The van der Waals surface area contributed by atoms with Crippen LogP contribution in [0.2, 0.25) is 0 Å². The Morgan fingerprint density at radius 3 is 1.77 bits per heavy atom. The molecule has 0 spiro atoms. The maximum absolute atomic E-state index is 13.9. The Balaban J connectivity index is 1.89. The van der Waals surface area contributed by atoms with Crippen LogP contribution in [0.3, 0.4) is 0 Å². The fourth-order valence-electron chi connectivity index (χ4n) is 5.37. The van der Waals surface area contributed by atoms with Gasteiger partial charge in [-0.25, -0.2) is 0 Å². The van der Waals surface area contributed by atoms with Gasteiger partial charge in [0, 0.05) is 29.5 Å². The van der Waals surface area contributed by atoms with E-state index < -0.39 is 0 Å². The molecule has 3 rings (SSSR count). The third kappa shape index (κ3) is 8.36. The zero-order chi connectivity index (χ0) is 29.9. The minimum Gasteiger partial charge on any atom is -0.507 e. The van der Waals surface area contributed by atoms with Crippen molar-refractivity contribution in [2.45, 2.75) is 105 Å². The number of nitrogens with one attached hydrogen (secondary N) is 1. The highest BCUT2D eigenvalue weighted by Crippen LogP contribution is 2.40. The first-order valence-electron chi connectivity index (χ1n) is 14.6. The molecule has 0 fully saturated rings. The molecule has 0 aliphatic carbocycles. The van der Waals surface area contributed by atoms with Gasteiger partial charge in [0.1, 0.15) is 5.75 Å². The number of aromatic hydroxyl groups is 1. The molecule has 1 amide bonds. The van der Waals surface area contributed by atoms with Gasteiger partial charge in [0.15, 0.2) is 0 Å². The Hall–Kier alpha value is -3.27. The van der Waals surface area contributed by atoms with Crippen molar-refractivity contribution in [3.8, 4) is 5.75 Å². The lowest BCUT2D eigenvalue weighted by molar-refractivity contribution is -0.119. The lowest BCUT2D eigenvalue weighted by Gasteiger charge is -2.34. The Morgan fingerprint density at radius 2 is 1.30 bits per heavy atom. The number of para-hydroxylation sites is 1. The monoisotopic (exact) mass is 542 g/mol. The zero-order valence-corrected chi connectivity index (χ0v) is 26.4. The van der Waals surface area contributed by atoms with Gasteiger partial charge in [-0.1, -0.05) is 92.6 Å². The van der Waals surface area contributed by atoms with Crippen LogP contribution < -0.4 is 10.2 Å². The Kier molecular flexibility index (Phi) is 9.44. The number of amides is 1. The molecule has 0 aliphatic heterocycles. The number of phenolic OH excluding ortho intramolecular Hbond substituents is 1. The van der Waals surface area contributed by atoms with E-state index >= 15 is 0 Å². The standard InChI is InChI=1S/C36H50N2O2/c1-25(24-34(2,3)4)38(29-19-17-28(18-20-29)37-27-14-12-11-13-15-27)32(39)21-16-26-22-30(35(5,6)7)33(40)31(23-26)36(8,9)10/h11-15,17-20,22-23,25,37,40H,16,21,24H2,1-10H3. The molecule has 1 atom stereocenters. The molecule has 0 heterocycles. The van der Waals surface area contributed by atoms with Crippen molar-refractivity contribution in [3.63, 3.8) is 0 Å². The smallest absolute Gasteiger partial charge is 0.227 e. The summed E-state index contributed by atoms with van der Waals surface area (Å²) >= 11 is 0. The van der Waals surface area contributed by atoms with Crippen molar-refractivity contribution >= 4 is 23.0 Å². The van der Waals surface area contributed by atoms with Crippen molar-refractivity contribution in [2.24, 2.45) is 5.41 Å². The molecule has 0 aliphatic rings. The lowest BCUT2D eigenvalue weighted by atomic mass is 9.78. The predicted octanol–water partition coefficient (Wildman–Crippen LogP) is 9.52. The summed E-state index contributed by atoms with van der Waals surface area (Å²) in [7, 11) is 0. The van der Waals surface area contributed by atoms with Crippen LogP contribution in [0.5, 0.6) is 5.75 Å². The first kappa shape index (κ1) is 31.3. The minimum atomic E-state index is -0.201. The van der Waals surface area contributed by atoms with Crippen molar-refractivity contribution in [2.75, 3.05) is 10.2 Å². The molecule has 0 aromatic heterocycles. The summed E-state index contributed by atoms with van der Waals surface area (Å²) in [4.78, 5) is 15.9. The number of anilines is 3. The number of hydrogen-bond acceptors (Lipinski definition) is 3. The third-order valence-electron chi connectivity index (χ3n) is 7.24. The van der Waals surface area contributed by atoms with Gasteiger partial charge in [-0.05, 0) is 89.1 Å². The molecule has 1 unspecified atom stereocenters. The highest BCUT2D eigenvalue weighted by molar-refractivity contribution is 5.94. The van der Waals surface area contributed by atoms with Crippen molar-refractivity contribution < 1.29 is 9.90 Å². The molecular weight excluding hydrogens is 492 g/mol. The van der Waals surface area contributed by atoms with Crippen LogP contribution in [0.25, 0.3) is 0 Å². The molecular formula is C36H50N2O2. The van der Waals surface area contributed by atoms with Gasteiger partial charge in [-0.2, -0.15) is 0 Å². The second-order valence-electron chi connectivity index (χ2n) is 14.5. The summed E-state index contributed by atoms with van der Waals surface area (Å²) in [6.07, 6.45) is 1.92. The van der Waals surface area contributed by atoms with E-state index in [9.17, 15) is 9.90 Å². The van der Waals surface area contributed by atoms with E-state index in [2.05, 4.69) is 86.7 Å². The van der Waals surface area contributed by atoms with E-state index in [0.29, 0.717) is 18.6 Å². The lowest BCUT2D eigenvalue weighted by Crippen LogP contribution is -2.41. The molecule has 4 nitrogen and oxygen atoms in total. The van der Waals surface area contributed by atoms with Crippen LogP contribution >= 0.6 is 0 Å². The van der Waals surface area contributed by atoms with Crippen LogP contribution in [-0.4, -0.2) is 17.1 Å². The topological polar surface area (TPSA) is 52.6 Å². The third-order valence-corrected chi connectivity index (χ3v) is 7.24. The molecule has 4 heteroatoms. The SMILES string of the molecule is CC(CC(C)(C)C)N(C(=O)CCc1cc(C(C)(C)C)c(O)c(C(C)(C)C)c1)c1ccc(Nc2ccccc2)cc1. The van der Waals surface area contributed by atoms with Gasteiger partial charge in [-0.15, -0.1) is 0 Å². The summed E-state index contributed by atoms with van der Waals surface area (Å²) in [5, 5.41) is 14.5. The summed E-state index contributed by atoms with van der Waals surface area (Å²) < 4.78 is 0. The molecule has 40 heavy (non-hydrogen) atoms. The van der Waals surface area contributed by atoms with E-state index in [-0.39, 0.29) is 28.2 Å². The molecule has 0 bridgehead atoms. The molecule has 0 radical (unpaired) electrons. The first-order valence-corrected chi connectivity index (χ1v) is 14.6. The Bertz CT molecular complexity index is 1240. The number of carbonyl (C=O) groups excluding carboxylic acids is 1. The van der Waals surface area contributed by atoms with Crippen LogP contribution in [0, 0.1) is 5.41 Å². The average Bonchev–Trinajstić information content (AvgIpc) is 2.82. The van der Waals surface area contributed by atoms with E-state index in [4.69, 9.17) is 0 Å². The first-order chi connectivity index (χ1) is 18.5. The second kappa shape index (κ2) is 12.1. The predicted molar refractivity (Wildman–Crippen MR) is 171 cm³/mol. The van der Waals surface area contributed by atoms with E-state index in [1.54, 1.807) is 0 Å². The molecule has 3 aromatic rings. The van der Waals surface area contributed by atoms with Gasteiger partial charge < -0.3 is 15.3 Å². The summed E-state index contributed by atoms with van der Waals surface area (Å²) in [6, 6.07) is 22.5. The van der Waals surface area contributed by atoms with Crippen LogP contribution in [0.1, 0.15) is 98.8 Å². The van der Waals surface area contributed by atoms with Crippen molar-refractivity contribution in [1.82, 2.24) is 0 Å². The largest absolute Gasteiger partial charge is 0.507 e. The normalized spacial score (nSPS) is 13.2. The number of rotatable bonds is 8. The molecule has 0 saturated heterocycles. The van der Waals surface area contributed by atoms with Crippen LogP contribution in [-0.2, 0) is 22.0 Å². The number of carbonyl (C=O) groups is 1. The number of nitrogens with zero attached hydrogens (tertiary/aromatic N) is 1. The Labute approximate surface area is 242 Å². The van der Waals surface area contributed by atoms with Gasteiger partial charge in [-0.3, -0.25) is 4.79 Å². The second-order valence-corrected chi connectivity index (χ2v) is 14.5. The fourth-order valence-corrected chi connectivity index (χ4v) is 5.37. The minimum absolute atomic E-state index is 0.0514. The molecule has 216 valence electrons. The summed E-state index contributed by atoms with van der Waals surface area (Å²) in [5.74, 6) is 0.489. The van der Waals surface area contributed by atoms with E-state index in [1.807, 2.05) is 59.5 Å². The zero-order valence-electron chi connectivity index (χ0n) is 26.4. The fraction of sp³-hybridized carbons (Fsp3) is 0.472. The van der Waals surface area contributed by atoms with Gasteiger partial charge in [0.2, 0.25) is 5.91 Å². The average molecular weight is 543 g/mol. The number of hydrogen-bond donors (Lipinski definition) is 2. The quantitative estimate of drug-likeness (QED) is 0.298. The highest BCUT2D eigenvalue weighted by Gasteiger charge is 2.28. The van der Waals surface area contributed by atoms with Crippen LogP contribution in [0.15, 0.2) is 66.7 Å².